The highest BCUT2D eigenvalue weighted by Gasteiger charge is 2.25. The Labute approximate surface area is 84.0 Å². The van der Waals surface area contributed by atoms with E-state index in [2.05, 4.69) is 29.8 Å². The topological polar surface area (TPSA) is 9.23 Å². The smallest absolute Gasteiger partial charge is 0.0575 e. The second-order valence-electron chi connectivity index (χ2n) is 3.61. The van der Waals surface area contributed by atoms with Crippen molar-refractivity contribution in [3.05, 3.63) is 0 Å². The summed E-state index contributed by atoms with van der Waals surface area (Å²) in [7, 11) is 0. The average molecular weight is 235 g/mol. The zero-order chi connectivity index (χ0) is 8.97. The van der Waals surface area contributed by atoms with Crippen LogP contribution in [0.15, 0.2) is 0 Å². The first-order chi connectivity index (χ1) is 5.77. The Morgan fingerprint density at radius 1 is 1.50 bits per heavy atom. The molecule has 0 aromatic heterocycles. The number of rotatable bonds is 3. The zero-order valence-electron chi connectivity index (χ0n) is 8.05. The maximum atomic E-state index is 5.63. The van der Waals surface area contributed by atoms with Gasteiger partial charge in [-0.2, -0.15) is 0 Å². The predicted molar refractivity (Wildman–Crippen MR) is 55.8 cm³/mol. The molecule has 12 heavy (non-hydrogen) atoms. The van der Waals surface area contributed by atoms with Gasteiger partial charge in [-0.1, -0.05) is 29.8 Å². The summed E-state index contributed by atoms with van der Waals surface area (Å²) in [6.07, 6.45) is 5.41. The first kappa shape index (κ1) is 10.5. The molecule has 3 unspecified atom stereocenters. The van der Waals surface area contributed by atoms with Crippen LogP contribution in [0.25, 0.3) is 0 Å². The van der Waals surface area contributed by atoms with Gasteiger partial charge in [-0.3, -0.25) is 0 Å². The highest BCUT2D eigenvalue weighted by atomic mass is 79.9. The van der Waals surface area contributed by atoms with Gasteiger partial charge in [0.2, 0.25) is 0 Å². The molecule has 1 rings (SSSR count). The van der Waals surface area contributed by atoms with Gasteiger partial charge in [-0.15, -0.1) is 0 Å². The van der Waals surface area contributed by atoms with Crippen molar-refractivity contribution >= 4 is 15.9 Å². The van der Waals surface area contributed by atoms with E-state index in [4.69, 9.17) is 4.74 Å². The van der Waals surface area contributed by atoms with Crippen molar-refractivity contribution in [2.75, 3.05) is 6.61 Å². The minimum atomic E-state index is 0.523. The second kappa shape index (κ2) is 5.23. The molecule has 0 radical (unpaired) electrons. The number of alkyl halides is 1. The highest BCUT2D eigenvalue weighted by molar-refractivity contribution is 9.09. The maximum absolute atomic E-state index is 5.63. The summed E-state index contributed by atoms with van der Waals surface area (Å²) in [4.78, 5) is 0.704. The molecule has 0 aromatic rings. The van der Waals surface area contributed by atoms with Crippen molar-refractivity contribution in [2.24, 2.45) is 5.92 Å². The first-order valence-corrected chi connectivity index (χ1v) is 5.95. The van der Waals surface area contributed by atoms with Gasteiger partial charge < -0.3 is 4.74 Å². The van der Waals surface area contributed by atoms with E-state index in [1.54, 1.807) is 0 Å². The van der Waals surface area contributed by atoms with E-state index in [-0.39, 0.29) is 0 Å². The molecule has 1 saturated heterocycles. The number of hydrogen-bond donors (Lipinski definition) is 0. The molecule has 72 valence electrons. The number of hydrogen-bond acceptors (Lipinski definition) is 1. The first-order valence-electron chi connectivity index (χ1n) is 5.03. The normalized spacial score (nSPS) is 33.2. The van der Waals surface area contributed by atoms with Crippen LogP contribution in [0.5, 0.6) is 0 Å². The molecule has 0 N–H and O–H groups in total. The summed E-state index contributed by atoms with van der Waals surface area (Å²) in [6, 6.07) is 0. The Bertz CT molecular complexity index is 125. The minimum absolute atomic E-state index is 0.523. The summed E-state index contributed by atoms with van der Waals surface area (Å²) in [5.41, 5.74) is 0. The fourth-order valence-corrected chi connectivity index (χ4v) is 2.34. The molecule has 1 aliphatic rings. The average Bonchev–Trinajstić information content (AvgIpc) is 2.17. The van der Waals surface area contributed by atoms with Crippen LogP contribution in [0.2, 0.25) is 0 Å². The van der Waals surface area contributed by atoms with Gasteiger partial charge in [0.25, 0.3) is 0 Å². The summed E-state index contributed by atoms with van der Waals surface area (Å²) in [5, 5.41) is 0. The molecule has 0 bridgehead atoms. The third-order valence-corrected chi connectivity index (χ3v) is 4.16. The molecule has 3 atom stereocenters. The van der Waals surface area contributed by atoms with Crippen LogP contribution >= 0.6 is 15.9 Å². The molecule has 2 heteroatoms. The van der Waals surface area contributed by atoms with Crippen LogP contribution in [0.3, 0.4) is 0 Å². The Hall–Kier alpha value is 0.440. The standard InChI is InChI=1S/C10H19BrO/c1-3-9-7-8(5-6-12-9)10(11)4-2/h8-10H,3-7H2,1-2H3. The van der Waals surface area contributed by atoms with Crippen LogP contribution < -0.4 is 0 Å². The monoisotopic (exact) mass is 234 g/mol. The third kappa shape index (κ3) is 2.74. The number of ether oxygens (including phenoxy) is 1. The van der Waals surface area contributed by atoms with E-state index < -0.39 is 0 Å². The summed E-state index contributed by atoms with van der Waals surface area (Å²) in [6.45, 7) is 5.42. The van der Waals surface area contributed by atoms with Crippen LogP contribution in [-0.4, -0.2) is 17.5 Å². The van der Waals surface area contributed by atoms with Crippen molar-refractivity contribution in [2.45, 2.75) is 50.5 Å². The molecule has 0 amide bonds. The van der Waals surface area contributed by atoms with Gasteiger partial charge in [0.15, 0.2) is 0 Å². The molecular formula is C10H19BrO. The molecule has 0 aromatic carbocycles. The third-order valence-electron chi connectivity index (χ3n) is 2.76. The molecule has 1 nitrogen and oxygen atoms in total. The lowest BCUT2D eigenvalue weighted by molar-refractivity contribution is -0.0104. The molecule has 1 fully saturated rings. The van der Waals surface area contributed by atoms with Crippen molar-refractivity contribution < 1.29 is 4.74 Å². The molecule has 1 aliphatic heterocycles. The van der Waals surface area contributed by atoms with E-state index in [1.807, 2.05) is 0 Å². The van der Waals surface area contributed by atoms with Gasteiger partial charge in [0, 0.05) is 11.4 Å². The van der Waals surface area contributed by atoms with Gasteiger partial charge in [-0.25, -0.2) is 0 Å². The Morgan fingerprint density at radius 2 is 2.25 bits per heavy atom. The van der Waals surface area contributed by atoms with Crippen molar-refractivity contribution in [3.63, 3.8) is 0 Å². The number of halogens is 1. The van der Waals surface area contributed by atoms with Gasteiger partial charge in [0.1, 0.15) is 0 Å². The SMILES string of the molecule is CCC1CC(C(Br)CC)CCO1. The zero-order valence-corrected chi connectivity index (χ0v) is 9.64. The van der Waals surface area contributed by atoms with Crippen LogP contribution in [-0.2, 0) is 4.74 Å². The lowest BCUT2D eigenvalue weighted by atomic mass is 9.90. The lowest BCUT2D eigenvalue weighted by Crippen LogP contribution is -2.29. The van der Waals surface area contributed by atoms with Crippen molar-refractivity contribution in [3.8, 4) is 0 Å². The highest BCUT2D eigenvalue weighted by Crippen LogP contribution is 2.30. The minimum Gasteiger partial charge on any atom is -0.378 e. The Balaban J connectivity index is 2.34. The largest absolute Gasteiger partial charge is 0.378 e. The van der Waals surface area contributed by atoms with Gasteiger partial charge in [0.05, 0.1) is 6.10 Å². The summed E-state index contributed by atoms with van der Waals surface area (Å²) in [5.74, 6) is 0.841. The molecule has 0 aliphatic carbocycles. The molecule has 0 spiro atoms. The van der Waals surface area contributed by atoms with Crippen molar-refractivity contribution in [1.82, 2.24) is 0 Å². The lowest BCUT2D eigenvalue weighted by Gasteiger charge is -2.31. The van der Waals surface area contributed by atoms with E-state index in [0.29, 0.717) is 10.9 Å². The summed E-state index contributed by atoms with van der Waals surface area (Å²) >= 11 is 3.74. The van der Waals surface area contributed by atoms with E-state index in [0.717, 1.165) is 12.5 Å². The predicted octanol–water partition coefficient (Wildman–Crippen LogP) is 3.37. The fraction of sp³-hybridized carbons (Fsp3) is 1.00. The maximum Gasteiger partial charge on any atom is 0.0575 e. The fourth-order valence-electron chi connectivity index (χ4n) is 1.86. The quantitative estimate of drug-likeness (QED) is 0.681. The van der Waals surface area contributed by atoms with E-state index in [9.17, 15) is 0 Å². The molecular weight excluding hydrogens is 216 g/mol. The van der Waals surface area contributed by atoms with Crippen LogP contribution in [0.1, 0.15) is 39.5 Å². The van der Waals surface area contributed by atoms with E-state index in [1.165, 1.54) is 25.7 Å². The van der Waals surface area contributed by atoms with Gasteiger partial charge >= 0.3 is 0 Å². The van der Waals surface area contributed by atoms with Crippen LogP contribution in [0.4, 0.5) is 0 Å². The van der Waals surface area contributed by atoms with Crippen LogP contribution in [0, 0.1) is 5.92 Å². The van der Waals surface area contributed by atoms with Crippen molar-refractivity contribution in [1.29, 1.82) is 0 Å². The Morgan fingerprint density at radius 3 is 2.83 bits per heavy atom. The van der Waals surface area contributed by atoms with Gasteiger partial charge in [-0.05, 0) is 31.6 Å². The molecule has 1 heterocycles. The molecule has 0 saturated carbocycles. The van der Waals surface area contributed by atoms with E-state index >= 15 is 0 Å². The summed E-state index contributed by atoms with van der Waals surface area (Å²) < 4.78 is 5.63. The second-order valence-corrected chi connectivity index (χ2v) is 4.79. The Kier molecular flexibility index (Phi) is 4.59.